The zero-order valence-corrected chi connectivity index (χ0v) is 12.1. The number of benzene rings is 1. The van der Waals surface area contributed by atoms with Crippen LogP contribution in [0.3, 0.4) is 0 Å². The highest BCUT2D eigenvalue weighted by molar-refractivity contribution is 5.55. The van der Waals surface area contributed by atoms with Crippen molar-refractivity contribution >= 4 is 0 Å². The van der Waals surface area contributed by atoms with Crippen molar-refractivity contribution in [2.75, 3.05) is 7.05 Å². The van der Waals surface area contributed by atoms with Gasteiger partial charge >= 0.3 is 0 Å². The van der Waals surface area contributed by atoms with Crippen LogP contribution in [-0.2, 0) is 0 Å². The maximum Gasteiger partial charge on any atom is 0.230 e. The highest BCUT2D eigenvalue weighted by Gasteiger charge is 2.25. The van der Waals surface area contributed by atoms with Crippen LogP contribution in [0.5, 0.6) is 0 Å². The Bertz CT molecular complexity index is 571. The van der Waals surface area contributed by atoms with Crippen LogP contribution in [0.1, 0.15) is 43.1 Å². The Morgan fingerprint density at radius 3 is 2.70 bits per heavy atom. The summed E-state index contributed by atoms with van der Waals surface area (Å²) < 4.78 is 5.49. The van der Waals surface area contributed by atoms with E-state index in [2.05, 4.69) is 34.5 Å². The van der Waals surface area contributed by atoms with Crippen molar-refractivity contribution in [1.29, 1.82) is 0 Å². The molecule has 1 N–H and O–H groups in total. The number of nitrogens with zero attached hydrogens (tertiary/aromatic N) is 2. The van der Waals surface area contributed by atoms with Crippen LogP contribution in [-0.4, -0.2) is 23.2 Å². The molecule has 0 amide bonds. The van der Waals surface area contributed by atoms with E-state index >= 15 is 0 Å². The molecule has 2 aromatic rings. The molecule has 1 aliphatic carbocycles. The maximum atomic E-state index is 5.49. The number of aromatic nitrogens is 2. The summed E-state index contributed by atoms with van der Waals surface area (Å²) in [6, 6.07) is 8.86. The van der Waals surface area contributed by atoms with Gasteiger partial charge in [0.15, 0.2) is 0 Å². The summed E-state index contributed by atoms with van der Waals surface area (Å²) in [5.74, 6) is 1.93. The van der Waals surface area contributed by atoms with Crippen molar-refractivity contribution in [1.82, 2.24) is 15.5 Å². The fourth-order valence-electron chi connectivity index (χ4n) is 2.93. The summed E-state index contributed by atoms with van der Waals surface area (Å²) in [4.78, 5) is 4.60. The number of hydrogen-bond donors (Lipinski definition) is 1. The van der Waals surface area contributed by atoms with Gasteiger partial charge in [-0.25, -0.2) is 0 Å². The van der Waals surface area contributed by atoms with Crippen molar-refractivity contribution in [3.8, 4) is 11.4 Å². The Morgan fingerprint density at radius 1 is 1.20 bits per heavy atom. The first kappa shape index (κ1) is 13.3. The molecule has 1 saturated carbocycles. The average molecular weight is 271 g/mol. The monoisotopic (exact) mass is 271 g/mol. The summed E-state index contributed by atoms with van der Waals surface area (Å²) in [5.41, 5.74) is 2.24. The molecule has 3 rings (SSSR count). The lowest BCUT2D eigenvalue weighted by atomic mass is 9.86. The van der Waals surface area contributed by atoms with Crippen LogP contribution in [0.4, 0.5) is 0 Å². The van der Waals surface area contributed by atoms with E-state index in [0.717, 1.165) is 24.3 Å². The summed E-state index contributed by atoms with van der Waals surface area (Å²) >= 11 is 0. The molecule has 1 fully saturated rings. The predicted molar refractivity (Wildman–Crippen MR) is 78.5 cm³/mol. The topological polar surface area (TPSA) is 51.0 Å². The van der Waals surface area contributed by atoms with E-state index in [4.69, 9.17) is 4.52 Å². The Hall–Kier alpha value is -1.68. The summed E-state index contributed by atoms with van der Waals surface area (Å²) in [7, 11) is 2.04. The molecule has 106 valence electrons. The highest BCUT2D eigenvalue weighted by Crippen LogP contribution is 2.32. The average Bonchev–Trinajstić information content (AvgIpc) is 2.97. The zero-order valence-electron chi connectivity index (χ0n) is 12.1. The van der Waals surface area contributed by atoms with E-state index in [9.17, 15) is 0 Å². The van der Waals surface area contributed by atoms with Crippen LogP contribution in [0.15, 0.2) is 28.8 Å². The molecule has 0 atom stereocenters. The van der Waals surface area contributed by atoms with E-state index < -0.39 is 0 Å². The van der Waals surface area contributed by atoms with E-state index in [1.807, 2.05) is 19.2 Å². The molecule has 1 aliphatic rings. The second-order valence-corrected chi connectivity index (χ2v) is 5.66. The van der Waals surface area contributed by atoms with Gasteiger partial charge in [0, 0.05) is 17.5 Å². The van der Waals surface area contributed by atoms with Crippen molar-refractivity contribution in [2.24, 2.45) is 0 Å². The summed E-state index contributed by atoms with van der Waals surface area (Å²) in [5, 5.41) is 7.49. The Labute approximate surface area is 119 Å². The molecule has 0 spiro atoms. The Morgan fingerprint density at radius 2 is 2.00 bits per heavy atom. The molecule has 1 aromatic heterocycles. The highest BCUT2D eigenvalue weighted by atomic mass is 16.5. The normalized spacial score (nSPS) is 22.9. The number of rotatable bonds is 3. The van der Waals surface area contributed by atoms with Gasteiger partial charge in [0.05, 0.1) is 0 Å². The molecule has 1 aromatic carbocycles. The van der Waals surface area contributed by atoms with Crippen molar-refractivity contribution < 1.29 is 4.52 Å². The van der Waals surface area contributed by atoms with Crippen LogP contribution >= 0.6 is 0 Å². The summed E-state index contributed by atoms with van der Waals surface area (Å²) in [6.45, 7) is 2.07. The predicted octanol–water partition coefficient (Wildman–Crippen LogP) is 3.29. The van der Waals surface area contributed by atoms with Crippen molar-refractivity contribution in [3.05, 3.63) is 35.7 Å². The van der Waals surface area contributed by atoms with Gasteiger partial charge in [0.1, 0.15) is 0 Å². The van der Waals surface area contributed by atoms with E-state index in [-0.39, 0.29) is 0 Å². The second-order valence-electron chi connectivity index (χ2n) is 5.66. The third kappa shape index (κ3) is 2.75. The molecule has 20 heavy (non-hydrogen) atoms. The molecule has 0 aliphatic heterocycles. The third-order valence-corrected chi connectivity index (χ3v) is 4.20. The second kappa shape index (κ2) is 5.75. The molecular weight excluding hydrogens is 250 g/mol. The minimum absolute atomic E-state index is 0.422. The van der Waals surface area contributed by atoms with Gasteiger partial charge in [-0.05, 0) is 45.7 Å². The largest absolute Gasteiger partial charge is 0.339 e. The van der Waals surface area contributed by atoms with Crippen molar-refractivity contribution in [3.63, 3.8) is 0 Å². The number of hydrogen-bond acceptors (Lipinski definition) is 4. The lowest BCUT2D eigenvalue weighted by Crippen LogP contribution is -2.29. The Balaban J connectivity index is 1.74. The molecule has 1 heterocycles. The van der Waals surface area contributed by atoms with Gasteiger partial charge in [0.2, 0.25) is 11.7 Å². The minimum Gasteiger partial charge on any atom is -0.339 e. The SMILES string of the molecule is CNC1CCC(c2nc(-c3cccc(C)c3)no2)CC1. The number of aryl methyl sites for hydroxylation is 1. The first-order valence-corrected chi connectivity index (χ1v) is 7.34. The van der Waals surface area contributed by atoms with Gasteiger partial charge in [-0.15, -0.1) is 0 Å². The quantitative estimate of drug-likeness (QED) is 0.930. The molecule has 0 unspecified atom stereocenters. The maximum absolute atomic E-state index is 5.49. The molecule has 0 bridgehead atoms. The van der Waals surface area contributed by atoms with Gasteiger partial charge < -0.3 is 9.84 Å². The van der Waals surface area contributed by atoms with E-state index in [1.54, 1.807) is 0 Å². The third-order valence-electron chi connectivity index (χ3n) is 4.20. The smallest absolute Gasteiger partial charge is 0.230 e. The fourth-order valence-corrected chi connectivity index (χ4v) is 2.93. The molecule has 0 radical (unpaired) electrons. The van der Waals surface area contributed by atoms with E-state index in [0.29, 0.717) is 17.8 Å². The minimum atomic E-state index is 0.422. The lowest BCUT2D eigenvalue weighted by Gasteiger charge is -2.25. The molecule has 0 saturated heterocycles. The fraction of sp³-hybridized carbons (Fsp3) is 0.500. The number of nitrogens with one attached hydrogen (secondary N) is 1. The van der Waals surface area contributed by atoms with Crippen LogP contribution in [0.2, 0.25) is 0 Å². The lowest BCUT2D eigenvalue weighted by molar-refractivity contribution is 0.289. The first-order valence-electron chi connectivity index (χ1n) is 7.34. The van der Waals surface area contributed by atoms with Crippen LogP contribution in [0, 0.1) is 6.92 Å². The molecule has 4 nitrogen and oxygen atoms in total. The standard InChI is InChI=1S/C16H21N3O/c1-11-4-3-5-13(10-11)15-18-16(20-19-15)12-6-8-14(17-2)9-7-12/h3-5,10,12,14,17H,6-9H2,1-2H3. The van der Waals surface area contributed by atoms with Gasteiger partial charge in [-0.1, -0.05) is 28.9 Å². The van der Waals surface area contributed by atoms with Gasteiger partial charge in [0.25, 0.3) is 0 Å². The van der Waals surface area contributed by atoms with Gasteiger partial charge in [-0.2, -0.15) is 4.98 Å². The summed E-state index contributed by atoms with van der Waals surface area (Å²) in [6.07, 6.45) is 4.62. The Kier molecular flexibility index (Phi) is 3.83. The zero-order chi connectivity index (χ0) is 13.9. The van der Waals surface area contributed by atoms with E-state index in [1.165, 1.54) is 18.4 Å². The van der Waals surface area contributed by atoms with Crippen molar-refractivity contribution in [2.45, 2.75) is 44.6 Å². The van der Waals surface area contributed by atoms with Gasteiger partial charge in [-0.3, -0.25) is 0 Å². The first-order chi connectivity index (χ1) is 9.76. The molecular formula is C16H21N3O. The van der Waals surface area contributed by atoms with Crippen LogP contribution in [0.25, 0.3) is 11.4 Å². The molecule has 4 heteroatoms. The van der Waals surface area contributed by atoms with Crippen LogP contribution < -0.4 is 5.32 Å².